The number of aromatic nitrogens is 1. The molecule has 88 valence electrons. The first-order valence-electron chi connectivity index (χ1n) is 6.05. The van der Waals surface area contributed by atoms with Gasteiger partial charge in [-0.1, -0.05) is 30.3 Å². The van der Waals surface area contributed by atoms with Crippen LogP contribution in [0.5, 0.6) is 0 Å². The van der Waals surface area contributed by atoms with E-state index < -0.39 is 0 Å². The van der Waals surface area contributed by atoms with E-state index in [0.717, 1.165) is 5.69 Å². The lowest BCUT2D eigenvalue weighted by molar-refractivity contribution is 0.317. The molecule has 1 aromatic carbocycles. The fourth-order valence-corrected chi connectivity index (χ4v) is 3.43. The zero-order valence-electron chi connectivity index (χ0n) is 9.97. The Bertz CT molecular complexity index is 492. The Kier molecular flexibility index (Phi) is 2.95. The van der Waals surface area contributed by atoms with Crippen LogP contribution in [-0.2, 0) is 0 Å². The van der Waals surface area contributed by atoms with Gasteiger partial charge in [0.1, 0.15) is 5.01 Å². The van der Waals surface area contributed by atoms with Crippen LogP contribution in [0.15, 0.2) is 35.7 Å². The fourth-order valence-electron chi connectivity index (χ4n) is 2.40. The lowest BCUT2D eigenvalue weighted by Gasteiger charge is -2.16. The Balaban J connectivity index is 1.88. The quantitative estimate of drug-likeness (QED) is 0.802. The number of thiazole rings is 1. The van der Waals surface area contributed by atoms with E-state index in [-0.39, 0.29) is 0 Å². The summed E-state index contributed by atoms with van der Waals surface area (Å²) in [6.07, 6.45) is 2.54. The molecule has 1 fully saturated rings. The third-order valence-electron chi connectivity index (χ3n) is 3.40. The maximum absolute atomic E-state index is 4.79. The monoisotopic (exact) mass is 244 g/mol. The molecule has 0 spiro atoms. The van der Waals surface area contributed by atoms with Gasteiger partial charge in [0.15, 0.2) is 0 Å². The van der Waals surface area contributed by atoms with Crippen LogP contribution in [0, 0.1) is 0 Å². The van der Waals surface area contributed by atoms with Crippen molar-refractivity contribution in [3.63, 3.8) is 0 Å². The molecule has 1 atom stereocenters. The van der Waals surface area contributed by atoms with Gasteiger partial charge in [-0.15, -0.1) is 11.3 Å². The number of nitrogens with zero attached hydrogens (tertiary/aromatic N) is 2. The summed E-state index contributed by atoms with van der Waals surface area (Å²) in [5.74, 6) is 0. The summed E-state index contributed by atoms with van der Waals surface area (Å²) in [5.41, 5.74) is 2.33. The van der Waals surface area contributed by atoms with Gasteiger partial charge in [0.25, 0.3) is 0 Å². The van der Waals surface area contributed by atoms with Crippen molar-refractivity contribution in [3.8, 4) is 11.3 Å². The molecule has 0 radical (unpaired) electrons. The van der Waals surface area contributed by atoms with Crippen LogP contribution < -0.4 is 0 Å². The molecular formula is C14H16N2S. The van der Waals surface area contributed by atoms with E-state index >= 15 is 0 Å². The standard InChI is InChI=1S/C14H16N2S/c1-16-9-5-8-13(16)14-15-12(10-17-14)11-6-3-2-4-7-11/h2-4,6-7,10,13H,5,8-9H2,1H3. The first-order valence-corrected chi connectivity index (χ1v) is 6.93. The highest BCUT2D eigenvalue weighted by molar-refractivity contribution is 7.10. The summed E-state index contributed by atoms with van der Waals surface area (Å²) < 4.78 is 0. The van der Waals surface area contributed by atoms with E-state index in [1.54, 1.807) is 11.3 Å². The van der Waals surface area contributed by atoms with Crippen molar-refractivity contribution in [2.45, 2.75) is 18.9 Å². The number of rotatable bonds is 2. The fraction of sp³-hybridized carbons (Fsp3) is 0.357. The zero-order valence-corrected chi connectivity index (χ0v) is 10.8. The van der Waals surface area contributed by atoms with E-state index in [1.807, 2.05) is 6.07 Å². The predicted octanol–water partition coefficient (Wildman–Crippen LogP) is 3.58. The largest absolute Gasteiger partial charge is 0.297 e. The second kappa shape index (κ2) is 4.59. The summed E-state index contributed by atoms with van der Waals surface area (Å²) in [5, 5.41) is 3.44. The Hall–Kier alpha value is -1.19. The van der Waals surface area contributed by atoms with Gasteiger partial charge in [0, 0.05) is 10.9 Å². The van der Waals surface area contributed by atoms with Crippen LogP contribution in [-0.4, -0.2) is 23.5 Å². The Morgan fingerprint density at radius 2 is 2.12 bits per heavy atom. The minimum Gasteiger partial charge on any atom is -0.297 e. The van der Waals surface area contributed by atoms with Crippen LogP contribution in [0.3, 0.4) is 0 Å². The van der Waals surface area contributed by atoms with Crippen molar-refractivity contribution in [2.75, 3.05) is 13.6 Å². The van der Waals surface area contributed by atoms with Gasteiger partial charge in [-0.05, 0) is 26.4 Å². The van der Waals surface area contributed by atoms with Crippen molar-refractivity contribution in [1.82, 2.24) is 9.88 Å². The molecule has 2 heterocycles. The van der Waals surface area contributed by atoms with Crippen LogP contribution >= 0.6 is 11.3 Å². The highest BCUT2D eigenvalue weighted by Gasteiger charge is 2.25. The molecule has 3 rings (SSSR count). The second-order valence-corrected chi connectivity index (χ2v) is 5.47. The van der Waals surface area contributed by atoms with Crippen molar-refractivity contribution in [3.05, 3.63) is 40.7 Å². The Labute approximate surface area is 106 Å². The van der Waals surface area contributed by atoms with Crippen molar-refractivity contribution in [2.24, 2.45) is 0 Å². The van der Waals surface area contributed by atoms with E-state index in [1.165, 1.54) is 30.0 Å². The molecule has 0 aliphatic carbocycles. The molecule has 0 saturated carbocycles. The molecule has 2 nitrogen and oxygen atoms in total. The highest BCUT2D eigenvalue weighted by atomic mass is 32.1. The minimum absolute atomic E-state index is 0.539. The molecule has 0 amide bonds. The SMILES string of the molecule is CN1CCCC1c1nc(-c2ccccc2)cs1. The molecule has 3 heteroatoms. The third kappa shape index (κ3) is 2.13. The Morgan fingerprint density at radius 3 is 2.82 bits per heavy atom. The maximum atomic E-state index is 4.79. The molecule has 0 N–H and O–H groups in total. The van der Waals surface area contributed by atoms with Crippen molar-refractivity contribution in [1.29, 1.82) is 0 Å². The third-order valence-corrected chi connectivity index (χ3v) is 4.34. The van der Waals surface area contributed by atoms with Gasteiger partial charge >= 0.3 is 0 Å². The molecule has 17 heavy (non-hydrogen) atoms. The predicted molar refractivity (Wildman–Crippen MR) is 72.2 cm³/mol. The van der Waals surface area contributed by atoms with Crippen LogP contribution in [0.25, 0.3) is 11.3 Å². The molecule has 1 unspecified atom stereocenters. The minimum atomic E-state index is 0.539. The van der Waals surface area contributed by atoms with E-state index in [9.17, 15) is 0 Å². The molecule has 1 saturated heterocycles. The van der Waals surface area contributed by atoms with Gasteiger partial charge < -0.3 is 0 Å². The molecule has 1 aliphatic heterocycles. The first kappa shape index (κ1) is 10.9. The van der Waals surface area contributed by atoms with E-state index in [4.69, 9.17) is 4.98 Å². The number of benzene rings is 1. The number of likely N-dealkylation sites (tertiary alicyclic amines) is 1. The number of hydrogen-bond acceptors (Lipinski definition) is 3. The maximum Gasteiger partial charge on any atom is 0.110 e. The summed E-state index contributed by atoms with van der Waals surface area (Å²) in [7, 11) is 2.20. The first-order chi connectivity index (χ1) is 8.34. The average Bonchev–Trinajstić information content (AvgIpc) is 2.98. The van der Waals surface area contributed by atoms with Gasteiger partial charge in [-0.25, -0.2) is 4.98 Å². The highest BCUT2D eigenvalue weighted by Crippen LogP contribution is 2.34. The van der Waals surface area contributed by atoms with Crippen molar-refractivity contribution >= 4 is 11.3 Å². The lowest BCUT2D eigenvalue weighted by atomic mass is 10.2. The van der Waals surface area contributed by atoms with E-state index in [2.05, 4.69) is 41.6 Å². The van der Waals surface area contributed by atoms with Crippen LogP contribution in [0.4, 0.5) is 0 Å². The van der Waals surface area contributed by atoms with Crippen molar-refractivity contribution < 1.29 is 0 Å². The molecule has 2 aromatic rings. The summed E-state index contributed by atoms with van der Waals surface area (Å²) >= 11 is 1.79. The molecule has 1 aliphatic rings. The molecule has 0 bridgehead atoms. The number of hydrogen-bond donors (Lipinski definition) is 0. The Morgan fingerprint density at radius 1 is 1.29 bits per heavy atom. The van der Waals surface area contributed by atoms with Crippen LogP contribution in [0.2, 0.25) is 0 Å². The summed E-state index contributed by atoms with van der Waals surface area (Å²) in [6.45, 7) is 1.20. The normalized spacial score (nSPS) is 20.9. The molecule has 1 aromatic heterocycles. The molecular weight excluding hydrogens is 228 g/mol. The van der Waals surface area contributed by atoms with Gasteiger partial charge in [0.05, 0.1) is 11.7 Å². The van der Waals surface area contributed by atoms with E-state index in [0.29, 0.717) is 6.04 Å². The second-order valence-electron chi connectivity index (χ2n) is 4.58. The average molecular weight is 244 g/mol. The van der Waals surface area contributed by atoms with Gasteiger partial charge in [0.2, 0.25) is 0 Å². The smallest absolute Gasteiger partial charge is 0.110 e. The summed E-state index contributed by atoms with van der Waals surface area (Å²) in [6, 6.07) is 11.0. The topological polar surface area (TPSA) is 16.1 Å². The van der Waals surface area contributed by atoms with Crippen LogP contribution in [0.1, 0.15) is 23.9 Å². The zero-order chi connectivity index (χ0) is 11.7. The van der Waals surface area contributed by atoms with Gasteiger partial charge in [-0.3, -0.25) is 4.90 Å². The van der Waals surface area contributed by atoms with Gasteiger partial charge in [-0.2, -0.15) is 0 Å². The lowest BCUT2D eigenvalue weighted by Crippen LogP contribution is -2.17. The summed E-state index contributed by atoms with van der Waals surface area (Å²) in [4.78, 5) is 7.20.